The van der Waals surface area contributed by atoms with Crippen LogP contribution < -0.4 is 10.2 Å². The van der Waals surface area contributed by atoms with Crippen LogP contribution in [0.2, 0.25) is 0 Å². The Balaban J connectivity index is 1.70. The van der Waals surface area contributed by atoms with E-state index in [9.17, 15) is 19.5 Å². The Labute approximate surface area is 153 Å². The van der Waals surface area contributed by atoms with Gasteiger partial charge in [0, 0.05) is 12.2 Å². The van der Waals surface area contributed by atoms with Gasteiger partial charge in [0.1, 0.15) is 11.5 Å². The van der Waals surface area contributed by atoms with E-state index >= 15 is 0 Å². The Morgan fingerprint density at radius 3 is 2.35 bits per heavy atom. The first-order valence-corrected chi connectivity index (χ1v) is 9.31. The summed E-state index contributed by atoms with van der Waals surface area (Å²) >= 11 is 0. The third-order valence-corrected chi connectivity index (χ3v) is 5.62. The highest BCUT2D eigenvalue weighted by atomic mass is 16.4. The predicted molar refractivity (Wildman–Crippen MR) is 98.0 cm³/mol. The van der Waals surface area contributed by atoms with E-state index < -0.39 is 23.3 Å². The first-order valence-electron chi connectivity index (χ1n) is 9.31. The molecule has 3 rings (SSSR count). The third-order valence-electron chi connectivity index (χ3n) is 5.62. The number of rotatable bonds is 5. The molecule has 1 aliphatic heterocycles. The molecule has 6 nitrogen and oxygen atoms in total. The van der Waals surface area contributed by atoms with Gasteiger partial charge in [0.05, 0.1) is 0 Å². The summed E-state index contributed by atoms with van der Waals surface area (Å²) in [4.78, 5) is 38.6. The quantitative estimate of drug-likeness (QED) is 0.792. The number of benzene rings is 1. The average molecular weight is 358 g/mol. The summed E-state index contributed by atoms with van der Waals surface area (Å²) in [7, 11) is 0. The van der Waals surface area contributed by atoms with Crippen molar-refractivity contribution < 1.29 is 19.5 Å². The molecule has 2 aliphatic rings. The van der Waals surface area contributed by atoms with Crippen LogP contribution in [0.3, 0.4) is 0 Å². The Bertz CT molecular complexity index is 705. The molecule has 1 unspecified atom stereocenters. The van der Waals surface area contributed by atoms with Crippen LogP contribution in [0.4, 0.5) is 5.69 Å². The summed E-state index contributed by atoms with van der Waals surface area (Å²) in [5.74, 6) is -2.11. The van der Waals surface area contributed by atoms with Crippen LogP contribution in [0.1, 0.15) is 57.4 Å². The van der Waals surface area contributed by atoms with Gasteiger partial charge in [0.15, 0.2) is 0 Å². The largest absolute Gasteiger partial charge is 0.480 e. The monoisotopic (exact) mass is 358 g/mol. The number of carboxylic acid groups (broad SMARTS) is 1. The zero-order valence-electron chi connectivity index (χ0n) is 15.3. The van der Waals surface area contributed by atoms with E-state index in [-0.39, 0.29) is 5.91 Å². The standard InChI is InChI=1S/C20H26N2O4/c1-13(2)14-5-7-15(8-6-14)22-12-9-16(18(22)24)17(23)21-20(19(25)26)10-3-4-11-20/h5-8,13,16H,3-4,9-12H2,1-2H3,(H,21,23)(H,25,26). The minimum absolute atomic E-state index is 0.252. The second kappa shape index (κ2) is 7.09. The van der Waals surface area contributed by atoms with Gasteiger partial charge in [-0.15, -0.1) is 0 Å². The number of nitrogens with one attached hydrogen (secondary N) is 1. The van der Waals surface area contributed by atoms with Gasteiger partial charge in [-0.25, -0.2) is 4.79 Å². The first kappa shape index (κ1) is 18.4. The lowest BCUT2D eigenvalue weighted by molar-refractivity contribution is -0.148. The zero-order chi connectivity index (χ0) is 18.9. The molecule has 1 heterocycles. The second-order valence-corrected chi connectivity index (χ2v) is 7.66. The molecule has 1 aromatic carbocycles. The molecule has 2 amide bonds. The molecular weight excluding hydrogens is 332 g/mol. The van der Waals surface area contributed by atoms with Crippen molar-refractivity contribution in [2.45, 2.75) is 57.4 Å². The second-order valence-electron chi connectivity index (χ2n) is 7.66. The third kappa shape index (κ3) is 3.32. The lowest BCUT2D eigenvalue weighted by Gasteiger charge is -2.26. The van der Waals surface area contributed by atoms with Crippen LogP contribution in [-0.2, 0) is 14.4 Å². The number of nitrogens with zero attached hydrogens (tertiary/aromatic N) is 1. The smallest absolute Gasteiger partial charge is 0.329 e. The molecule has 1 aromatic rings. The molecule has 0 aromatic heterocycles. The van der Waals surface area contributed by atoms with Crippen molar-refractivity contribution in [2.24, 2.45) is 5.92 Å². The van der Waals surface area contributed by atoms with Crippen LogP contribution in [0, 0.1) is 5.92 Å². The summed E-state index contributed by atoms with van der Waals surface area (Å²) in [5.41, 5.74) is 0.770. The summed E-state index contributed by atoms with van der Waals surface area (Å²) in [5, 5.41) is 12.2. The predicted octanol–water partition coefficient (Wildman–Crippen LogP) is 2.68. The van der Waals surface area contributed by atoms with Crippen LogP contribution in [0.5, 0.6) is 0 Å². The Kier molecular flexibility index (Phi) is 5.03. The molecule has 0 bridgehead atoms. The van der Waals surface area contributed by atoms with E-state index in [0.29, 0.717) is 31.7 Å². The molecule has 140 valence electrons. The number of anilines is 1. The van der Waals surface area contributed by atoms with E-state index in [1.54, 1.807) is 4.90 Å². The number of carboxylic acids is 1. The molecule has 2 N–H and O–H groups in total. The lowest BCUT2D eigenvalue weighted by Crippen LogP contribution is -2.54. The van der Waals surface area contributed by atoms with E-state index in [1.165, 1.54) is 5.56 Å². The molecule has 1 aliphatic carbocycles. The van der Waals surface area contributed by atoms with Crippen LogP contribution >= 0.6 is 0 Å². The van der Waals surface area contributed by atoms with Gasteiger partial charge in [-0.2, -0.15) is 0 Å². The van der Waals surface area contributed by atoms with Crippen molar-refractivity contribution in [1.29, 1.82) is 0 Å². The van der Waals surface area contributed by atoms with Crippen LogP contribution in [-0.4, -0.2) is 35.0 Å². The van der Waals surface area contributed by atoms with E-state index in [1.807, 2.05) is 24.3 Å². The fraction of sp³-hybridized carbons (Fsp3) is 0.550. The van der Waals surface area contributed by atoms with Crippen molar-refractivity contribution in [3.8, 4) is 0 Å². The number of hydrogen-bond acceptors (Lipinski definition) is 3. The number of hydrogen-bond donors (Lipinski definition) is 2. The van der Waals surface area contributed by atoms with Gasteiger partial charge in [-0.05, 0) is 42.9 Å². The van der Waals surface area contributed by atoms with Crippen LogP contribution in [0.15, 0.2) is 24.3 Å². The van der Waals surface area contributed by atoms with Gasteiger partial charge in [-0.3, -0.25) is 9.59 Å². The minimum Gasteiger partial charge on any atom is -0.480 e. The summed E-state index contributed by atoms with van der Waals surface area (Å²) in [6.45, 7) is 4.69. The SMILES string of the molecule is CC(C)c1ccc(N2CCC(C(=O)NC3(C(=O)O)CCCC3)C2=O)cc1. The van der Waals surface area contributed by atoms with Gasteiger partial charge in [-0.1, -0.05) is 38.8 Å². The maximum absolute atomic E-state index is 12.7. The minimum atomic E-state index is -1.20. The number of amides is 2. The first-order chi connectivity index (χ1) is 12.3. The Hall–Kier alpha value is -2.37. The van der Waals surface area contributed by atoms with E-state index in [2.05, 4.69) is 19.2 Å². The van der Waals surface area contributed by atoms with Gasteiger partial charge in [0.25, 0.3) is 0 Å². The Morgan fingerprint density at radius 1 is 1.19 bits per heavy atom. The zero-order valence-corrected chi connectivity index (χ0v) is 15.3. The molecule has 0 radical (unpaired) electrons. The van der Waals surface area contributed by atoms with E-state index in [0.717, 1.165) is 18.5 Å². The molecule has 2 fully saturated rings. The molecule has 1 saturated heterocycles. The molecule has 1 saturated carbocycles. The van der Waals surface area contributed by atoms with Gasteiger partial charge in [0.2, 0.25) is 11.8 Å². The van der Waals surface area contributed by atoms with Gasteiger partial charge >= 0.3 is 5.97 Å². The lowest BCUT2D eigenvalue weighted by atomic mass is 9.96. The molecule has 0 spiro atoms. The van der Waals surface area contributed by atoms with Gasteiger partial charge < -0.3 is 15.3 Å². The summed E-state index contributed by atoms with van der Waals surface area (Å²) in [6, 6.07) is 7.81. The fourth-order valence-electron chi connectivity index (χ4n) is 3.91. The topological polar surface area (TPSA) is 86.7 Å². The molecule has 26 heavy (non-hydrogen) atoms. The maximum atomic E-state index is 12.7. The molecular formula is C20H26N2O4. The molecule has 1 atom stereocenters. The number of carbonyl (C=O) groups excluding carboxylic acids is 2. The Morgan fingerprint density at radius 2 is 1.81 bits per heavy atom. The summed E-state index contributed by atoms with van der Waals surface area (Å²) < 4.78 is 0. The van der Waals surface area contributed by atoms with Crippen molar-refractivity contribution in [1.82, 2.24) is 5.32 Å². The van der Waals surface area contributed by atoms with Crippen molar-refractivity contribution in [3.63, 3.8) is 0 Å². The number of carbonyl (C=O) groups is 3. The maximum Gasteiger partial charge on any atom is 0.329 e. The van der Waals surface area contributed by atoms with Crippen molar-refractivity contribution in [3.05, 3.63) is 29.8 Å². The van der Waals surface area contributed by atoms with E-state index in [4.69, 9.17) is 0 Å². The highest BCUT2D eigenvalue weighted by Crippen LogP contribution is 2.32. The van der Waals surface area contributed by atoms with Crippen molar-refractivity contribution >= 4 is 23.5 Å². The molecule has 6 heteroatoms. The highest BCUT2D eigenvalue weighted by Gasteiger charge is 2.46. The average Bonchev–Trinajstić information content (AvgIpc) is 3.22. The highest BCUT2D eigenvalue weighted by molar-refractivity contribution is 6.10. The van der Waals surface area contributed by atoms with Crippen molar-refractivity contribution in [2.75, 3.05) is 11.4 Å². The fourth-order valence-corrected chi connectivity index (χ4v) is 3.91. The van der Waals surface area contributed by atoms with Crippen LogP contribution in [0.25, 0.3) is 0 Å². The number of aliphatic carboxylic acids is 1. The normalized spacial score (nSPS) is 22.0. The summed E-state index contributed by atoms with van der Waals surface area (Å²) in [6.07, 6.45) is 2.82.